The number of ether oxygens (including phenoxy) is 1. The fraction of sp³-hybridized carbons (Fsp3) is 0.0667. The van der Waals surface area contributed by atoms with Gasteiger partial charge in [-0.25, -0.2) is 4.79 Å². The van der Waals surface area contributed by atoms with Crippen LogP contribution in [0.4, 0.5) is 5.69 Å². The third-order valence-electron chi connectivity index (χ3n) is 2.74. The van der Waals surface area contributed by atoms with Crippen LogP contribution in [-0.4, -0.2) is 24.1 Å². The maximum atomic E-state index is 12.3. The molecule has 0 aliphatic carbocycles. The van der Waals surface area contributed by atoms with Crippen molar-refractivity contribution in [3.05, 3.63) is 59.7 Å². The first-order valence-corrected chi connectivity index (χ1v) is 5.90. The molecule has 2 aromatic rings. The Labute approximate surface area is 115 Å². The Hall–Kier alpha value is -2.82. The van der Waals surface area contributed by atoms with Gasteiger partial charge in [0.15, 0.2) is 0 Å². The molecule has 0 atom stereocenters. The molecule has 2 N–H and O–H groups in total. The third kappa shape index (κ3) is 2.77. The lowest BCUT2D eigenvalue weighted by Crippen LogP contribution is -2.17. The summed E-state index contributed by atoms with van der Waals surface area (Å²) < 4.78 is 5.07. The zero-order chi connectivity index (χ0) is 14.5. The number of carboxylic acid groups (broad SMARTS) is 1. The molecular formula is C15H13NO4. The van der Waals surface area contributed by atoms with E-state index in [4.69, 9.17) is 9.84 Å². The highest BCUT2D eigenvalue weighted by Crippen LogP contribution is 2.23. The number of hydrogen-bond acceptors (Lipinski definition) is 3. The largest absolute Gasteiger partial charge is 0.496 e. The van der Waals surface area contributed by atoms with Gasteiger partial charge in [0.2, 0.25) is 0 Å². The summed E-state index contributed by atoms with van der Waals surface area (Å²) in [6.45, 7) is 0. The second kappa shape index (κ2) is 5.88. The van der Waals surface area contributed by atoms with Gasteiger partial charge in [-0.1, -0.05) is 24.3 Å². The second-order valence-electron chi connectivity index (χ2n) is 4.01. The Morgan fingerprint density at radius 2 is 1.75 bits per heavy atom. The zero-order valence-electron chi connectivity index (χ0n) is 10.8. The number of rotatable bonds is 4. The minimum Gasteiger partial charge on any atom is -0.496 e. The molecule has 0 radical (unpaired) electrons. The van der Waals surface area contributed by atoms with Crippen LogP contribution < -0.4 is 10.1 Å². The molecule has 102 valence electrons. The number of amides is 1. The van der Waals surface area contributed by atoms with Crippen LogP contribution in [0.3, 0.4) is 0 Å². The van der Waals surface area contributed by atoms with Gasteiger partial charge in [-0.2, -0.15) is 0 Å². The molecule has 0 fully saturated rings. The van der Waals surface area contributed by atoms with Crippen molar-refractivity contribution in [1.82, 2.24) is 0 Å². The quantitative estimate of drug-likeness (QED) is 0.896. The lowest BCUT2D eigenvalue weighted by Gasteiger charge is -2.11. The molecule has 5 heteroatoms. The number of methoxy groups -OCH3 is 1. The van der Waals surface area contributed by atoms with E-state index in [9.17, 15) is 9.59 Å². The van der Waals surface area contributed by atoms with E-state index in [1.54, 1.807) is 30.3 Å². The highest BCUT2D eigenvalue weighted by Gasteiger charge is 2.21. The van der Waals surface area contributed by atoms with Crippen molar-refractivity contribution in [3.8, 4) is 5.75 Å². The summed E-state index contributed by atoms with van der Waals surface area (Å²) in [7, 11) is 1.39. The van der Waals surface area contributed by atoms with E-state index in [-0.39, 0.29) is 16.9 Å². The highest BCUT2D eigenvalue weighted by molar-refractivity contribution is 6.12. The number of hydrogen-bond donors (Lipinski definition) is 2. The van der Waals surface area contributed by atoms with E-state index in [0.29, 0.717) is 5.69 Å². The molecule has 0 spiro atoms. The van der Waals surface area contributed by atoms with Crippen molar-refractivity contribution in [2.75, 3.05) is 12.4 Å². The monoisotopic (exact) mass is 271 g/mol. The number of nitrogens with one attached hydrogen (secondary N) is 1. The molecule has 1 amide bonds. The van der Waals surface area contributed by atoms with Gasteiger partial charge in [-0.05, 0) is 24.3 Å². The molecule has 5 nitrogen and oxygen atoms in total. The standard InChI is InChI=1S/C15H13NO4/c1-20-12-9-5-8-11(15(18)19)13(12)14(17)16-10-6-3-2-4-7-10/h2-9H,1H3,(H,16,17)(H,18,19). The SMILES string of the molecule is COc1cccc(C(=O)O)c1C(=O)Nc1ccccc1. The van der Waals surface area contributed by atoms with Crippen molar-refractivity contribution in [2.45, 2.75) is 0 Å². The molecule has 0 saturated heterocycles. The molecule has 0 aliphatic heterocycles. The highest BCUT2D eigenvalue weighted by atomic mass is 16.5. The summed E-state index contributed by atoms with van der Waals surface area (Å²) >= 11 is 0. The molecule has 2 aromatic carbocycles. The Balaban J connectivity index is 2.40. The van der Waals surface area contributed by atoms with E-state index in [1.807, 2.05) is 6.07 Å². The van der Waals surface area contributed by atoms with Crippen molar-refractivity contribution in [2.24, 2.45) is 0 Å². The molecule has 2 rings (SSSR count). The maximum Gasteiger partial charge on any atom is 0.336 e. The predicted octanol–water partition coefficient (Wildman–Crippen LogP) is 2.65. The van der Waals surface area contributed by atoms with Crippen molar-refractivity contribution < 1.29 is 19.4 Å². The van der Waals surface area contributed by atoms with Crippen LogP contribution in [-0.2, 0) is 0 Å². The van der Waals surface area contributed by atoms with Gasteiger partial charge in [0.1, 0.15) is 5.75 Å². The van der Waals surface area contributed by atoms with E-state index >= 15 is 0 Å². The Morgan fingerprint density at radius 1 is 1.05 bits per heavy atom. The fourth-order valence-electron chi connectivity index (χ4n) is 1.83. The summed E-state index contributed by atoms with van der Waals surface area (Å²) in [5, 5.41) is 11.8. The summed E-state index contributed by atoms with van der Waals surface area (Å²) in [5.74, 6) is -1.48. The van der Waals surface area contributed by atoms with Crippen LogP contribution in [0.2, 0.25) is 0 Å². The number of aromatic carboxylic acids is 1. The molecule has 20 heavy (non-hydrogen) atoms. The number of carboxylic acids is 1. The lowest BCUT2D eigenvalue weighted by atomic mass is 10.1. The average Bonchev–Trinajstić information content (AvgIpc) is 2.47. The van der Waals surface area contributed by atoms with E-state index in [0.717, 1.165) is 0 Å². The van der Waals surface area contributed by atoms with Gasteiger partial charge in [0, 0.05) is 5.69 Å². The number of benzene rings is 2. The minimum atomic E-state index is -1.18. The topological polar surface area (TPSA) is 75.6 Å². The Kier molecular flexibility index (Phi) is 4.00. The molecule has 0 bridgehead atoms. The van der Waals surface area contributed by atoms with Gasteiger partial charge < -0.3 is 15.2 Å². The number of carbonyl (C=O) groups is 2. The molecule has 0 unspecified atom stereocenters. The van der Waals surface area contributed by atoms with Crippen LogP contribution >= 0.6 is 0 Å². The van der Waals surface area contributed by atoms with Gasteiger partial charge in [0.25, 0.3) is 5.91 Å². The van der Waals surface area contributed by atoms with Gasteiger partial charge in [0.05, 0.1) is 18.2 Å². The second-order valence-corrected chi connectivity index (χ2v) is 4.01. The van der Waals surface area contributed by atoms with Crippen LogP contribution in [0.1, 0.15) is 20.7 Å². The van der Waals surface area contributed by atoms with Gasteiger partial charge >= 0.3 is 5.97 Å². The first-order valence-electron chi connectivity index (χ1n) is 5.90. The smallest absolute Gasteiger partial charge is 0.336 e. The van der Waals surface area contributed by atoms with E-state index < -0.39 is 11.9 Å². The molecule has 0 heterocycles. The van der Waals surface area contributed by atoms with Crippen molar-refractivity contribution >= 4 is 17.6 Å². The molecular weight excluding hydrogens is 258 g/mol. The summed E-state index contributed by atoms with van der Waals surface area (Å²) in [5.41, 5.74) is 0.490. The zero-order valence-corrected chi connectivity index (χ0v) is 10.8. The van der Waals surface area contributed by atoms with E-state index in [2.05, 4.69) is 5.32 Å². The first kappa shape index (κ1) is 13.6. The third-order valence-corrected chi connectivity index (χ3v) is 2.74. The normalized spacial score (nSPS) is 9.85. The summed E-state index contributed by atoms with van der Waals surface area (Å²) in [6.07, 6.45) is 0. The first-order chi connectivity index (χ1) is 9.63. The van der Waals surface area contributed by atoms with Crippen molar-refractivity contribution in [1.29, 1.82) is 0 Å². The number of anilines is 1. The molecule has 0 saturated carbocycles. The predicted molar refractivity (Wildman–Crippen MR) is 74.3 cm³/mol. The minimum absolute atomic E-state index is 0.00588. The molecule has 0 aliphatic rings. The van der Waals surface area contributed by atoms with Gasteiger partial charge in [-0.3, -0.25) is 4.79 Å². The number of carbonyl (C=O) groups excluding carboxylic acids is 1. The molecule has 0 aromatic heterocycles. The lowest BCUT2D eigenvalue weighted by molar-refractivity contribution is 0.0692. The summed E-state index contributed by atoms with van der Waals surface area (Å²) in [6, 6.07) is 13.2. The number of para-hydroxylation sites is 1. The Morgan fingerprint density at radius 3 is 2.35 bits per heavy atom. The Bertz CT molecular complexity index is 638. The van der Waals surface area contributed by atoms with Crippen LogP contribution in [0.15, 0.2) is 48.5 Å². The summed E-state index contributed by atoms with van der Waals surface area (Å²) in [4.78, 5) is 23.5. The van der Waals surface area contributed by atoms with E-state index in [1.165, 1.54) is 19.2 Å². The van der Waals surface area contributed by atoms with Crippen molar-refractivity contribution in [3.63, 3.8) is 0 Å². The fourth-order valence-corrected chi connectivity index (χ4v) is 1.83. The average molecular weight is 271 g/mol. The van der Waals surface area contributed by atoms with Crippen LogP contribution in [0.25, 0.3) is 0 Å². The van der Waals surface area contributed by atoms with Crippen LogP contribution in [0, 0.1) is 0 Å². The maximum absolute atomic E-state index is 12.3. The van der Waals surface area contributed by atoms with Crippen LogP contribution in [0.5, 0.6) is 5.75 Å². The van der Waals surface area contributed by atoms with Gasteiger partial charge in [-0.15, -0.1) is 0 Å².